The second kappa shape index (κ2) is 4.03. The number of ether oxygens (including phenoxy) is 1. The van der Waals surface area contributed by atoms with Crippen molar-refractivity contribution in [3.05, 3.63) is 24.0 Å². The quantitative estimate of drug-likeness (QED) is 0.788. The lowest BCUT2D eigenvalue weighted by Gasteiger charge is -2.11. The van der Waals surface area contributed by atoms with E-state index in [0.717, 1.165) is 12.1 Å². The van der Waals surface area contributed by atoms with E-state index in [9.17, 15) is 12.8 Å². The molecule has 0 aliphatic carbocycles. The first kappa shape index (κ1) is 11.3. The van der Waals surface area contributed by atoms with Crippen LogP contribution in [0, 0.1) is 5.82 Å². The second-order valence-corrected chi connectivity index (χ2v) is 5.91. The smallest absolute Gasteiger partial charge is 0.185 e. The predicted molar refractivity (Wildman–Crippen MR) is 57.2 cm³/mol. The molecule has 0 spiro atoms. The number of rotatable bonds is 2. The maximum absolute atomic E-state index is 13.0. The van der Waals surface area contributed by atoms with Gasteiger partial charge in [0, 0.05) is 6.61 Å². The van der Waals surface area contributed by atoms with Crippen LogP contribution in [0.2, 0.25) is 0 Å². The van der Waals surface area contributed by atoms with Gasteiger partial charge in [0.05, 0.1) is 22.4 Å². The van der Waals surface area contributed by atoms with E-state index >= 15 is 0 Å². The van der Waals surface area contributed by atoms with Gasteiger partial charge in [-0.3, -0.25) is 0 Å². The Morgan fingerprint density at radius 1 is 1.44 bits per heavy atom. The molecule has 1 atom stereocenters. The van der Waals surface area contributed by atoms with Crippen LogP contribution in [0.4, 0.5) is 10.1 Å². The molecular formula is C10H12FNO3S. The van der Waals surface area contributed by atoms with Crippen LogP contribution in [0.15, 0.2) is 23.1 Å². The maximum atomic E-state index is 13.0. The lowest BCUT2D eigenvalue weighted by Crippen LogP contribution is -2.22. The number of hydrogen-bond donors (Lipinski definition) is 1. The first-order chi connectivity index (χ1) is 7.51. The number of halogens is 1. The van der Waals surface area contributed by atoms with Gasteiger partial charge in [0.1, 0.15) is 5.82 Å². The lowest BCUT2D eigenvalue weighted by molar-refractivity contribution is 0.198. The van der Waals surface area contributed by atoms with Crippen LogP contribution in [-0.2, 0) is 14.6 Å². The topological polar surface area (TPSA) is 69.4 Å². The first-order valence-corrected chi connectivity index (χ1v) is 6.43. The Kier molecular flexibility index (Phi) is 2.86. The summed E-state index contributed by atoms with van der Waals surface area (Å²) >= 11 is 0. The van der Waals surface area contributed by atoms with E-state index in [1.54, 1.807) is 0 Å². The third-order valence-electron chi connectivity index (χ3n) is 2.61. The van der Waals surface area contributed by atoms with Crippen molar-refractivity contribution in [1.29, 1.82) is 0 Å². The summed E-state index contributed by atoms with van der Waals surface area (Å²) in [5, 5.41) is -0.614. The fourth-order valence-electron chi connectivity index (χ4n) is 1.69. The molecule has 0 aromatic heterocycles. The van der Waals surface area contributed by atoms with Crippen molar-refractivity contribution in [3.63, 3.8) is 0 Å². The highest BCUT2D eigenvalue weighted by atomic mass is 32.2. The average Bonchev–Trinajstić information content (AvgIpc) is 2.75. The predicted octanol–water partition coefficient (Wildman–Crippen LogP) is 0.971. The van der Waals surface area contributed by atoms with Gasteiger partial charge in [-0.1, -0.05) is 0 Å². The normalized spacial score (nSPS) is 21.2. The molecule has 2 rings (SSSR count). The van der Waals surface area contributed by atoms with Crippen molar-refractivity contribution in [1.82, 2.24) is 0 Å². The van der Waals surface area contributed by atoms with Gasteiger partial charge in [0.2, 0.25) is 0 Å². The minimum atomic E-state index is -3.58. The van der Waals surface area contributed by atoms with E-state index in [2.05, 4.69) is 0 Å². The highest BCUT2D eigenvalue weighted by Gasteiger charge is 2.32. The Bertz CT molecular complexity index is 495. The molecule has 1 aromatic rings. The summed E-state index contributed by atoms with van der Waals surface area (Å²) in [6, 6.07) is 3.36. The Balaban J connectivity index is 2.46. The third-order valence-corrected chi connectivity index (χ3v) is 4.82. The minimum Gasteiger partial charge on any atom is -0.398 e. The van der Waals surface area contributed by atoms with E-state index in [-0.39, 0.29) is 17.2 Å². The van der Waals surface area contributed by atoms with Gasteiger partial charge in [-0.15, -0.1) is 0 Å². The summed E-state index contributed by atoms with van der Waals surface area (Å²) < 4.78 is 42.2. The Morgan fingerprint density at radius 2 is 2.19 bits per heavy atom. The number of sulfone groups is 1. The zero-order valence-corrected chi connectivity index (χ0v) is 9.34. The Labute approximate surface area is 93.1 Å². The second-order valence-electron chi connectivity index (χ2n) is 3.71. The van der Waals surface area contributed by atoms with Gasteiger partial charge in [0.25, 0.3) is 0 Å². The SMILES string of the molecule is Nc1ccc(F)cc1S(=O)(=O)C1CCOC1. The standard InChI is InChI=1S/C10H12FNO3S/c11-7-1-2-9(12)10(5-7)16(13,14)8-3-4-15-6-8/h1-2,5,8H,3-4,6,12H2. The molecule has 1 heterocycles. The van der Waals surface area contributed by atoms with Crippen LogP contribution in [0.1, 0.15) is 6.42 Å². The van der Waals surface area contributed by atoms with Crippen LogP contribution >= 0.6 is 0 Å². The van der Waals surface area contributed by atoms with Gasteiger partial charge in [-0.05, 0) is 24.6 Å². The molecule has 6 heteroatoms. The fourth-order valence-corrected chi connectivity index (χ4v) is 3.41. The highest BCUT2D eigenvalue weighted by Crippen LogP contribution is 2.27. The number of nitrogens with two attached hydrogens (primary N) is 1. The van der Waals surface area contributed by atoms with Crippen LogP contribution in [0.25, 0.3) is 0 Å². The molecule has 1 aliphatic rings. The number of nitrogen functional groups attached to an aromatic ring is 1. The molecule has 88 valence electrons. The minimum absolute atomic E-state index is 0.0771. The van der Waals surface area contributed by atoms with Gasteiger partial charge in [0.15, 0.2) is 9.84 Å². The lowest BCUT2D eigenvalue weighted by atomic mass is 10.3. The van der Waals surface area contributed by atoms with E-state index in [0.29, 0.717) is 13.0 Å². The van der Waals surface area contributed by atoms with Crippen LogP contribution < -0.4 is 5.73 Å². The Morgan fingerprint density at radius 3 is 2.81 bits per heavy atom. The summed E-state index contributed by atoms with van der Waals surface area (Å²) in [6.45, 7) is 0.567. The molecule has 1 fully saturated rings. The van der Waals surface area contributed by atoms with Crippen LogP contribution in [0.5, 0.6) is 0 Å². The maximum Gasteiger partial charge on any atom is 0.185 e. The van der Waals surface area contributed by atoms with E-state index in [4.69, 9.17) is 10.5 Å². The molecule has 0 bridgehead atoms. The summed E-state index contributed by atoms with van der Waals surface area (Å²) in [7, 11) is -3.58. The average molecular weight is 245 g/mol. The van der Waals surface area contributed by atoms with Crippen molar-refractivity contribution in [2.45, 2.75) is 16.6 Å². The van der Waals surface area contributed by atoms with Crippen LogP contribution in [-0.4, -0.2) is 26.9 Å². The summed E-state index contributed by atoms with van der Waals surface area (Å²) in [5.74, 6) is -0.605. The molecule has 1 unspecified atom stereocenters. The van der Waals surface area contributed by atoms with Gasteiger partial charge in [-0.25, -0.2) is 12.8 Å². The fraction of sp³-hybridized carbons (Fsp3) is 0.400. The van der Waals surface area contributed by atoms with Crippen LogP contribution in [0.3, 0.4) is 0 Å². The number of anilines is 1. The Hall–Kier alpha value is -1.14. The van der Waals surface area contributed by atoms with E-state index in [1.165, 1.54) is 6.07 Å². The van der Waals surface area contributed by atoms with E-state index < -0.39 is 20.9 Å². The molecule has 1 aliphatic heterocycles. The van der Waals surface area contributed by atoms with Gasteiger partial charge >= 0.3 is 0 Å². The number of hydrogen-bond acceptors (Lipinski definition) is 4. The van der Waals surface area contributed by atoms with Gasteiger partial charge < -0.3 is 10.5 Å². The zero-order chi connectivity index (χ0) is 11.8. The molecule has 16 heavy (non-hydrogen) atoms. The van der Waals surface area contributed by atoms with Crippen molar-refractivity contribution < 1.29 is 17.5 Å². The summed E-state index contributed by atoms with van der Waals surface area (Å²) in [6.07, 6.45) is 0.429. The largest absolute Gasteiger partial charge is 0.398 e. The molecule has 0 amide bonds. The molecule has 1 aromatic carbocycles. The monoisotopic (exact) mass is 245 g/mol. The van der Waals surface area contributed by atoms with Gasteiger partial charge in [-0.2, -0.15) is 0 Å². The first-order valence-electron chi connectivity index (χ1n) is 4.88. The molecule has 0 saturated carbocycles. The molecule has 4 nitrogen and oxygen atoms in total. The van der Waals surface area contributed by atoms with Crippen molar-refractivity contribution >= 4 is 15.5 Å². The number of benzene rings is 1. The van der Waals surface area contributed by atoms with Crippen molar-refractivity contribution in [2.75, 3.05) is 18.9 Å². The summed E-state index contributed by atoms with van der Waals surface area (Å²) in [5.41, 5.74) is 5.63. The van der Waals surface area contributed by atoms with Crippen molar-refractivity contribution in [3.8, 4) is 0 Å². The molecular weight excluding hydrogens is 233 g/mol. The third kappa shape index (κ3) is 1.90. The molecule has 2 N–H and O–H groups in total. The van der Waals surface area contributed by atoms with E-state index in [1.807, 2.05) is 0 Å². The molecule has 0 radical (unpaired) electrons. The molecule has 1 saturated heterocycles. The van der Waals surface area contributed by atoms with Crippen molar-refractivity contribution in [2.24, 2.45) is 0 Å². The highest BCUT2D eigenvalue weighted by molar-refractivity contribution is 7.92. The zero-order valence-electron chi connectivity index (χ0n) is 8.52. The summed E-state index contributed by atoms with van der Waals surface area (Å²) in [4.78, 5) is -0.136.